The van der Waals surface area contributed by atoms with Crippen LogP contribution >= 0.6 is 0 Å². The maximum absolute atomic E-state index is 9.25. The van der Waals surface area contributed by atoms with E-state index in [1.807, 2.05) is 0 Å². The van der Waals surface area contributed by atoms with Crippen molar-refractivity contribution in [2.24, 2.45) is 11.8 Å². The summed E-state index contributed by atoms with van der Waals surface area (Å²) < 4.78 is 0. The smallest absolute Gasteiger partial charge is 0.0672 e. The molecular formula is C14H26N2. The predicted molar refractivity (Wildman–Crippen MR) is 68.0 cm³/mol. The molecule has 3 atom stereocenters. The van der Waals surface area contributed by atoms with E-state index in [2.05, 4.69) is 38.8 Å². The summed E-state index contributed by atoms with van der Waals surface area (Å²) >= 11 is 0. The number of hydrogen-bond acceptors (Lipinski definition) is 2. The molecule has 1 saturated carbocycles. The Morgan fingerprint density at radius 1 is 1.31 bits per heavy atom. The maximum Gasteiger partial charge on any atom is 0.0672 e. The first kappa shape index (κ1) is 13.5. The third-order valence-electron chi connectivity index (χ3n) is 4.29. The van der Waals surface area contributed by atoms with Gasteiger partial charge in [0.2, 0.25) is 0 Å². The third kappa shape index (κ3) is 2.98. The summed E-state index contributed by atoms with van der Waals surface area (Å²) in [4.78, 5) is 2.48. The molecule has 0 saturated heterocycles. The molecule has 1 aliphatic rings. The maximum atomic E-state index is 9.25. The zero-order valence-electron chi connectivity index (χ0n) is 11.2. The van der Waals surface area contributed by atoms with Crippen LogP contribution < -0.4 is 0 Å². The average Bonchev–Trinajstić information content (AvgIpc) is 2.30. The molecule has 92 valence electrons. The first-order valence-corrected chi connectivity index (χ1v) is 6.75. The van der Waals surface area contributed by atoms with Gasteiger partial charge in [0, 0.05) is 12.1 Å². The van der Waals surface area contributed by atoms with Crippen molar-refractivity contribution in [3.63, 3.8) is 0 Å². The first-order valence-electron chi connectivity index (χ1n) is 6.75. The molecule has 1 aliphatic carbocycles. The molecule has 16 heavy (non-hydrogen) atoms. The van der Waals surface area contributed by atoms with Gasteiger partial charge in [0.25, 0.3) is 0 Å². The van der Waals surface area contributed by atoms with Gasteiger partial charge in [-0.1, -0.05) is 20.8 Å². The Hall–Kier alpha value is -0.550. The molecule has 0 aromatic heterocycles. The Labute approximate surface area is 101 Å². The van der Waals surface area contributed by atoms with Gasteiger partial charge in [-0.2, -0.15) is 5.26 Å². The van der Waals surface area contributed by atoms with Crippen LogP contribution in [0.25, 0.3) is 0 Å². The summed E-state index contributed by atoms with van der Waals surface area (Å²) in [7, 11) is 2.21. The lowest BCUT2D eigenvalue weighted by Gasteiger charge is -2.41. The average molecular weight is 222 g/mol. The second-order valence-corrected chi connectivity index (χ2v) is 5.36. The molecule has 0 aromatic carbocycles. The number of nitrogens with zero attached hydrogens (tertiary/aromatic N) is 2. The van der Waals surface area contributed by atoms with Crippen LogP contribution in [-0.2, 0) is 0 Å². The highest BCUT2D eigenvalue weighted by molar-refractivity contribution is 4.97. The molecule has 0 heterocycles. The topological polar surface area (TPSA) is 27.0 Å². The molecule has 3 unspecified atom stereocenters. The molecule has 0 aliphatic heterocycles. The third-order valence-corrected chi connectivity index (χ3v) is 4.29. The minimum atomic E-state index is 0.252. The second kappa shape index (κ2) is 6.25. The van der Waals surface area contributed by atoms with E-state index >= 15 is 0 Å². The van der Waals surface area contributed by atoms with Crippen molar-refractivity contribution < 1.29 is 0 Å². The van der Waals surface area contributed by atoms with E-state index in [0.29, 0.717) is 12.1 Å². The van der Waals surface area contributed by atoms with E-state index in [-0.39, 0.29) is 5.92 Å². The number of hydrogen-bond donors (Lipinski definition) is 0. The molecule has 0 radical (unpaired) electrons. The lowest BCUT2D eigenvalue weighted by atomic mass is 9.78. The highest BCUT2D eigenvalue weighted by atomic mass is 15.2. The molecule has 0 spiro atoms. The van der Waals surface area contributed by atoms with E-state index in [9.17, 15) is 5.26 Å². The fourth-order valence-electron chi connectivity index (χ4n) is 3.09. The van der Waals surface area contributed by atoms with Crippen molar-refractivity contribution in [3.05, 3.63) is 0 Å². The first-order chi connectivity index (χ1) is 7.63. The molecule has 1 fully saturated rings. The molecule has 0 N–H and O–H groups in total. The predicted octanol–water partition coefficient (Wildman–Crippen LogP) is 3.44. The highest BCUT2D eigenvalue weighted by Gasteiger charge is 2.33. The fourth-order valence-corrected chi connectivity index (χ4v) is 3.09. The van der Waals surface area contributed by atoms with Gasteiger partial charge in [-0.15, -0.1) is 0 Å². The largest absolute Gasteiger partial charge is 0.299 e. The lowest BCUT2D eigenvalue weighted by molar-refractivity contribution is 0.0869. The van der Waals surface area contributed by atoms with E-state index in [0.717, 1.165) is 12.3 Å². The molecule has 0 amide bonds. The van der Waals surface area contributed by atoms with Gasteiger partial charge in [0.15, 0.2) is 0 Å². The molecule has 2 nitrogen and oxygen atoms in total. The van der Waals surface area contributed by atoms with E-state index in [4.69, 9.17) is 0 Å². The Morgan fingerprint density at radius 2 is 1.94 bits per heavy atom. The van der Waals surface area contributed by atoms with E-state index in [1.165, 1.54) is 25.7 Å². The lowest BCUT2D eigenvalue weighted by Crippen LogP contribution is -2.46. The van der Waals surface area contributed by atoms with Gasteiger partial charge in [-0.05, 0) is 45.1 Å². The van der Waals surface area contributed by atoms with Crippen LogP contribution in [0.15, 0.2) is 0 Å². The van der Waals surface area contributed by atoms with Gasteiger partial charge < -0.3 is 0 Å². The number of rotatable bonds is 4. The highest BCUT2D eigenvalue weighted by Crippen LogP contribution is 2.32. The van der Waals surface area contributed by atoms with Crippen LogP contribution in [0.4, 0.5) is 0 Å². The fraction of sp³-hybridized carbons (Fsp3) is 0.929. The summed E-state index contributed by atoms with van der Waals surface area (Å²) in [6.07, 6.45) is 5.90. The summed E-state index contributed by atoms with van der Waals surface area (Å²) in [6.45, 7) is 6.82. The monoisotopic (exact) mass is 222 g/mol. The normalized spacial score (nSPS) is 30.7. The van der Waals surface area contributed by atoms with Gasteiger partial charge in [0.1, 0.15) is 0 Å². The van der Waals surface area contributed by atoms with E-state index in [1.54, 1.807) is 0 Å². The van der Waals surface area contributed by atoms with Crippen molar-refractivity contribution >= 4 is 0 Å². The Morgan fingerprint density at radius 3 is 2.44 bits per heavy atom. The minimum Gasteiger partial charge on any atom is -0.299 e. The standard InChI is InChI=1S/C14H26N2/c1-5-13(6-2)16(4)14-9-11(3)7-8-12(14)10-15/h11-14H,5-9H2,1-4H3. The van der Waals surface area contributed by atoms with Crippen molar-refractivity contribution in [2.75, 3.05) is 7.05 Å². The summed E-state index contributed by atoms with van der Waals surface area (Å²) in [5, 5.41) is 9.25. The summed E-state index contributed by atoms with van der Waals surface area (Å²) in [5.41, 5.74) is 0. The minimum absolute atomic E-state index is 0.252. The van der Waals surface area contributed by atoms with Crippen LogP contribution in [-0.4, -0.2) is 24.0 Å². The van der Waals surface area contributed by atoms with Crippen LogP contribution in [0.1, 0.15) is 52.9 Å². The van der Waals surface area contributed by atoms with Gasteiger partial charge in [-0.3, -0.25) is 4.90 Å². The van der Waals surface area contributed by atoms with Crippen molar-refractivity contribution in [3.8, 4) is 6.07 Å². The van der Waals surface area contributed by atoms with Crippen molar-refractivity contribution in [1.82, 2.24) is 4.90 Å². The van der Waals surface area contributed by atoms with Crippen LogP contribution in [0.5, 0.6) is 0 Å². The zero-order chi connectivity index (χ0) is 12.1. The SMILES string of the molecule is CCC(CC)N(C)C1CC(C)CCC1C#N. The van der Waals surface area contributed by atoms with Crippen molar-refractivity contribution in [2.45, 2.75) is 65.0 Å². The summed E-state index contributed by atoms with van der Waals surface area (Å²) in [6, 6.07) is 3.65. The quantitative estimate of drug-likeness (QED) is 0.728. The van der Waals surface area contributed by atoms with Crippen LogP contribution in [0, 0.1) is 23.2 Å². The Bertz CT molecular complexity index is 240. The Balaban J connectivity index is 2.70. The van der Waals surface area contributed by atoms with Gasteiger partial charge in [-0.25, -0.2) is 0 Å². The van der Waals surface area contributed by atoms with Gasteiger partial charge in [0.05, 0.1) is 12.0 Å². The van der Waals surface area contributed by atoms with Crippen LogP contribution in [0.3, 0.4) is 0 Å². The molecule has 0 aromatic rings. The second-order valence-electron chi connectivity index (χ2n) is 5.36. The summed E-state index contributed by atoms with van der Waals surface area (Å²) in [5.74, 6) is 1.04. The van der Waals surface area contributed by atoms with Gasteiger partial charge >= 0.3 is 0 Å². The molecule has 2 heteroatoms. The van der Waals surface area contributed by atoms with Crippen LogP contribution in [0.2, 0.25) is 0 Å². The zero-order valence-corrected chi connectivity index (χ0v) is 11.2. The molecular weight excluding hydrogens is 196 g/mol. The Kier molecular flexibility index (Phi) is 5.28. The number of nitriles is 1. The van der Waals surface area contributed by atoms with E-state index < -0.39 is 0 Å². The van der Waals surface area contributed by atoms with Crippen molar-refractivity contribution in [1.29, 1.82) is 5.26 Å². The molecule has 0 bridgehead atoms. The molecule has 1 rings (SSSR count).